The van der Waals surface area contributed by atoms with E-state index in [0.717, 1.165) is 39.5 Å². The van der Waals surface area contributed by atoms with Gasteiger partial charge in [0, 0.05) is 27.9 Å². The summed E-state index contributed by atoms with van der Waals surface area (Å²) in [6, 6.07) is 7.97. The van der Waals surface area contributed by atoms with Crippen molar-refractivity contribution in [3.63, 3.8) is 0 Å². The Bertz CT molecular complexity index is 991. The van der Waals surface area contributed by atoms with Gasteiger partial charge in [0.2, 0.25) is 10.0 Å². The van der Waals surface area contributed by atoms with Crippen molar-refractivity contribution in [2.24, 2.45) is 0 Å². The number of nitrogens with zero attached hydrogens (tertiary/aromatic N) is 2. The minimum atomic E-state index is -3.25. The Morgan fingerprint density at radius 1 is 1.21 bits per heavy atom. The van der Waals surface area contributed by atoms with E-state index < -0.39 is 10.0 Å². The lowest BCUT2D eigenvalue weighted by molar-refractivity contribution is 0.590. The van der Waals surface area contributed by atoms with Crippen LogP contribution in [0.4, 0.5) is 5.69 Å². The summed E-state index contributed by atoms with van der Waals surface area (Å²) >= 11 is 3.29. The summed E-state index contributed by atoms with van der Waals surface area (Å²) in [6.45, 7) is 1.94. The van der Waals surface area contributed by atoms with E-state index in [4.69, 9.17) is 4.98 Å². The van der Waals surface area contributed by atoms with Gasteiger partial charge in [-0.25, -0.2) is 13.4 Å². The predicted octanol–water partition coefficient (Wildman–Crippen LogP) is 4.25. The molecule has 2 aromatic heterocycles. The monoisotopic (exact) mass is 376 g/mol. The number of fused-ring (bicyclic) bond motifs is 1. The first-order chi connectivity index (χ1) is 11.4. The van der Waals surface area contributed by atoms with Crippen molar-refractivity contribution in [2.45, 2.75) is 19.4 Å². The number of hydrogen-bond donors (Lipinski definition) is 0. The molecular weight excluding hydrogens is 360 g/mol. The van der Waals surface area contributed by atoms with Crippen LogP contribution >= 0.6 is 22.7 Å². The van der Waals surface area contributed by atoms with Crippen LogP contribution in [0.15, 0.2) is 40.4 Å². The minimum absolute atomic E-state index is 0.0398. The number of aromatic nitrogens is 1. The first-order valence-electron chi connectivity index (χ1n) is 7.54. The van der Waals surface area contributed by atoms with Gasteiger partial charge in [0.15, 0.2) is 0 Å². The van der Waals surface area contributed by atoms with Crippen molar-refractivity contribution >= 4 is 38.4 Å². The van der Waals surface area contributed by atoms with Crippen molar-refractivity contribution in [3.8, 4) is 21.8 Å². The molecule has 0 unspecified atom stereocenters. The zero-order chi connectivity index (χ0) is 16.9. The molecule has 0 amide bonds. The highest BCUT2D eigenvalue weighted by atomic mass is 32.2. The van der Waals surface area contributed by atoms with Gasteiger partial charge in [-0.1, -0.05) is 6.07 Å². The quantitative estimate of drug-likeness (QED) is 0.687. The topological polar surface area (TPSA) is 50.3 Å². The van der Waals surface area contributed by atoms with Crippen molar-refractivity contribution < 1.29 is 8.42 Å². The van der Waals surface area contributed by atoms with Crippen molar-refractivity contribution in [1.82, 2.24) is 4.98 Å². The molecule has 4 nitrogen and oxygen atoms in total. The molecule has 4 rings (SSSR count). The van der Waals surface area contributed by atoms with Gasteiger partial charge in [0.05, 0.1) is 17.6 Å². The number of anilines is 1. The molecule has 0 bridgehead atoms. The summed E-state index contributed by atoms with van der Waals surface area (Å²) in [7, 11) is -3.25. The van der Waals surface area contributed by atoms with E-state index in [9.17, 15) is 8.42 Å². The summed E-state index contributed by atoms with van der Waals surface area (Å²) < 4.78 is 25.5. The second-order valence-corrected chi connectivity index (χ2v) is 9.50. The Hall–Kier alpha value is -1.70. The van der Waals surface area contributed by atoms with E-state index >= 15 is 0 Å². The Kier molecular flexibility index (Phi) is 3.74. The molecule has 0 fully saturated rings. The summed E-state index contributed by atoms with van der Waals surface area (Å²) in [6.07, 6.45) is 2.00. The van der Waals surface area contributed by atoms with Crippen LogP contribution in [0.1, 0.15) is 12.5 Å². The van der Waals surface area contributed by atoms with Crippen molar-refractivity contribution in [3.05, 3.63) is 46.0 Å². The van der Waals surface area contributed by atoms with E-state index in [-0.39, 0.29) is 6.04 Å². The molecule has 3 heterocycles. The Morgan fingerprint density at radius 2 is 2.04 bits per heavy atom. The predicted molar refractivity (Wildman–Crippen MR) is 101 cm³/mol. The van der Waals surface area contributed by atoms with Crippen LogP contribution in [0, 0.1) is 0 Å². The van der Waals surface area contributed by atoms with E-state index in [0.29, 0.717) is 0 Å². The molecule has 124 valence electrons. The Morgan fingerprint density at radius 3 is 2.75 bits per heavy atom. The first-order valence-corrected chi connectivity index (χ1v) is 11.2. The third-order valence-electron chi connectivity index (χ3n) is 4.16. The van der Waals surface area contributed by atoms with E-state index in [2.05, 4.69) is 22.9 Å². The SMILES string of the molecule is C[C@@H]1Cc2cc(-c3csc(-c4ccsc4)n3)ccc2N1S(C)(=O)=O. The summed E-state index contributed by atoms with van der Waals surface area (Å²) in [5, 5.41) is 7.21. The molecule has 1 aromatic carbocycles. The summed E-state index contributed by atoms with van der Waals surface area (Å²) in [5.41, 5.74) is 4.98. The number of thiophene rings is 1. The third-order valence-corrected chi connectivity index (χ3v) is 7.00. The average Bonchev–Trinajstić information content (AvgIpc) is 3.23. The highest BCUT2D eigenvalue weighted by molar-refractivity contribution is 7.92. The molecule has 0 N–H and O–H groups in total. The summed E-state index contributed by atoms with van der Waals surface area (Å²) in [4.78, 5) is 4.73. The van der Waals surface area contributed by atoms with E-state index in [1.807, 2.05) is 24.4 Å². The largest absolute Gasteiger partial charge is 0.267 e. The van der Waals surface area contributed by atoms with E-state index in [1.165, 1.54) is 10.6 Å². The maximum Gasteiger partial charge on any atom is 0.232 e. The van der Waals surface area contributed by atoms with Crippen LogP contribution in [0.2, 0.25) is 0 Å². The molecule has 1 atom stereocenters. The zero-order valence-electron chi connectivity index (χ0n) is 13.3. The number of rotatable bonds is 3. The molecule has 3 aromatic rings. The minimum Gasteiger partial charge on any atom is -0.267 e. The Labute approximate surface area is 149 Å². The first kappa shape index (κ1) is 15.8. The maximum absolute atomic E-state index is 12.0. The van der Waals surface area contributed by atoms with Gasteiger partial charge >= 0.3 is 0 Å². The van der Waals surface area contributed by atoms with Crippen LogP contribution < -0.4 is 4.31 Å². The molecule has 0 saturated carbocycles. The lowest BCUT2D eigenvalue weighted by atomic mass is 10.1. The van der Waals surface area contributed by atoms with Gasteiger partial charge in [0.25, 0.3) is 0 Å². The molecule has 1 aliphatic heterocycles. The van der Waals surface area contributed by atoms with Crippen LogP contribution in [-0.2, 0) is 16.4 Å². The number of hydrogen-bond acceptors (Lipinski definition) is 5. The molecule has 0 saturated heterocycles. The second kappa shape index (κ2) is 5.68. The van der Waals surface area contributed by atoms with Crippen LogP contribution in [0.5, 0.6) is 0 Å². The standard InChI is InChI=1S/C17H16N2O2S3/c1-11-7-14-8-12(3-4-16(14)19(11)24(2,20)21)15-10-23-17(18-15)13-5-6-22-9-13/h3-6,8-11H,7H2,1-2H3/t11-/m1/s1. The highest BCUT2D eigenvalue weighted by Crippen LogP contribution is 2.37. The normalized spacial score (nSPS) is 17.2. The van der Waals surface area contributed by atoms with Crippen molar-refractivity contribution in [2.75, 3.05) is 10.6 Å². The highest BCUT2D eigenvalue weighted by Gasteiger charge is 2.32. The average molecular weight is 377 g/mol. The molecule has 0 spiro atoms. The van der Waals surface area contributed by atoms with Crippen molar-refractivity contribution in [1.29, 1.82) is 0 Å². The second-order valence-electron chi connectivity index (χ2n) is 6.01. The number of sulfonamides is 1. The lowest BCUT2D eigenvalue weighted by Crippen LogP contribution is -2.34. The fourth-order valence-electron chi connectivity index (χ4n) is 3.19. The van der Waals surface area contributed by atoms with Gasteiger partial charge in [-0.15, -0.1) is 11.3 Å². The molecule has 0 aliphatic carbocycles. The van der Waals surface area contributed by atoms with Gasteiger partial charge in [-0.05, 0) is 42.5 Å². The van der Waals surface area contributed by atoms with Gasteiger partial charge in [-0.2, -0.15) is 11.3 Å². The van der Waals surface area contributed by atoms with Crippen LogP contribution in [0.3, 0.4) is 0 Å². The van der Waals surface area contributed by atoms with Gasteiger partial charge < -0.3 is 0 Å². The maximum atomic E-state index is 12.0. The zero-order valence-corrected chi connectivity index (χ0v) is 15.7. The fraction of sp³-hybridized carbons (Fsp3) is 0.235. The number of benzene rings is 1. The fourth-order valence-corrected chi connectivity index (χ4v) is 6.00. The third kappa shape index (κ3) is 2.66. The van der Waals surface area contributed by atoms with E-state index in [1.54, 1.807) is 22.7 Å². The molecule has 1 aliphatic rings. The molecule has 24 heavy (non-hydrogen) atoms. The lowest BCUT2D eigenvalue weighted by Gasteiger charge is -2.21. The summed E-state index contributed by atoms with van der Waals surface area (Å²) in [5.74, 6) is 0. The molecule has 7 heteroatoms. The molecule has 0 radical (unpaired) electrons. The Balaban J connectivity index is 1.72. The van der Waals surface area contributed by atoms with Crippen LogP contribution in [-0.4, -0.2) is 25.7 Å². The smallest absolute Gasteiger partial charge is 0.232 e. The molecular formula is C17H16N2O2S3. The number of thiazole rings is 1. The van der Waals surface area contributed by atoms with Gasteiger partial charge in [0.1, 0.15) is 5.01 Å². The van der Waals surface area contributed by atoms with Crippen LogP contribution in [0.25, 0.3) is 21.8 Å². The van der Waals surface area contributed by atoms with Gasteiger partial charge in [-0.3, -0.25) is 4.31 Å².